The molecule has 6 nitrogen and oxygen atoms in total. The molecule has 2 heterocycles. The predicted molar refractivity (Wildman–Crippen MR) is 95.0 cm³/mol. The van der Waals surface area contributed by atoms with Crippen molar-refractivity contribution in [3.8, 4) is 0 Å². The predicted octanol–water partition coefficient (Wildman–Crippen LogP) is 2.96. The Morgan fingerprint density at radius 3 is 2.52 bits per heavy atom. The number of hydrogen-bond acceptors (Lipinski definition) is 5. The summed E-state index contributed by atoms with van der Waals surface area (Å²) in [5, 5.41) is 0.348. The van der Waals surface area contributed by atoms with Gasteiger partial charge in [-0.3, -0.25) is 0 Å². The molecule has 1 fully saturated rings. The van der Waals surface area contributed by atoms with Crippen molar-refractivity contribution in [3.05, 3.63) is 52.4 Å². The first-order valence-electron chi connectivity index (χ1n) is 7.39. The van der Waals surface area contributed by atoms with Crippen LogP contribution in [0.3, 0.4) is 0 Å². The lowest BCUT2D eigenvalue weighted by Crippen LogP contribution is -2.40. The van der Waals surface area contributed by atoms with Gasteiger partial charge in [0.1, 0.15) is 5.76 Å². The molecule has 3 rings (SSSR count). The molecule has 0 N–H and O–H groups in total. The smallest absolute Gasteiger partial charge is 0.243 e. The molecule has 0 bridgehead atoms. The fourth-order valence-electron chi connectivity index (χ4n) is 2.74. The third kappa shape index (κ3) is 4.03. The minimum absolute atomic E-state index is 0.0385. The molecule has 0 spiro atoms. The van der Waals surface area contributed by atoms with Crippen molar-refractivity contribution < 1.29 is 21.3 Å². The molecule has 0 unspecified atom stereocenters. The van der Waals surface area contributed by atoms with E-state index >= 15 is 0 Å². The quantitative estimate of drug-likeness (QED) is 0.737. The summed E-state index contributed by atoms with van der Waals surface area (Å²) in [7, 11) is -7.24. The van der Waals surface area contributed by atoms with E-state index in [1.165, 1.54) is 24.5 Å². The molecule has 1 aliphatic heterocycles. The molecule has 1 aromatic heterocycles. The van der Waals surface area contributed by atoms with Gasteiger partial charge in [-0.2, -0.15) is 4.31 Å². The molecule has 0 radical (unpaired) electrons. The number of benzene rings is 1. The molecule has 1 aromatic carbocycles. The first-order chi connectivity index (χ1) is 11.7. The Kier molecular flexibility index (Phi) is 5.18. The molecule has 25 heavy (non-hydrogen) atoms. The third-order valence-electron chi connectivity index (χ3n) is 4.01. The van der Waals surface area contributed by atoms with E-state index in [1.54, 1.807) is 12.1 Å². The van der Waals surface area contributed by atoms with E-state index in [0.29, 0.717) is 5.76 Å². The van der Waals surface area contributed by atoms with Crippen LogP contribution in [0.2, 0.25) is 10.0 Å². The summed E-state index contributed by atoms with van der Waals surface area (Å²) in [5.41, 5.74) is 0. The van der Waals surface area contributed by atoms with Crippen LogP contribution in [0.25, 0.3) is 0 Å². The van der Waals surface area contributed by atoms with E-state index in [2.05, 4.69) is 0 Å². The van der Waals surface area contributed by atoms with Crippen LogP contribution in [-0.4, -0.2) is 38.7 Å². The summed E-state index contributed by atoms with van der Waals surface area (Å²) < 4.78 is 56.3. The third-order valence-corrected chi connectivity index (χ3v) is 8.39. The molecule has 0 saturated carbocycles. The van der Waals surface area contributed by atoms with Crippen molar-refractivity contribution in [1.29, 1.82) is 0 Å². The van der Waals surface area contributed by atoms with Crippen molar-refractivity contribution in [2.45, 2.75) is 23.9 Å². The number of rotatable bonds is 5. The van der Waals surface area contributed by atoms with Gasteiger partial charge in [-0.15, -0.1) is 0 Å². The van der Waals surface area contributed by atoms with Crippen LogP contribution in [0.5, 0.6) is 0 Å². The number of sulfone groups is 1. The van der Waals surface area contributed by atoms with Gasteiger partial charge in [0.25, 0.3) is 0 Å². The number of furan rings is 1. The van der Waals surface area contributed by atoms with Gasteiger partial charge in [-0.1, -0.05) is 23.2 Å². The van der Waals surface area contributed by atoms with E-state index in [4.69, 9.17) is 27.6 Å². The van der Waals surface area contributed by atoms with E-state index in [9.17, 15) is 16.8 Å². The maximum absolute atomic E-state index is 13.1. The van der Waals surface area contributed by atoms with Gasteiger partial charge in [0, 0.05) is 6.04 Å². The van der Waals surface area contributed by atoms with Crippen LogP contribution in [0.1, 0.15) is 12.2 Å². The average molecular weight is 424 g/mol. The van der Waals surface area contributed by atoms with E-state index in [0.717, 1.165) is 4.31 Å². The molecule has 10 heteroatoms. The molecule has 136 valence electrons. The molecule has 1 atom stereocenters. The van der Waals surface area contributed by atoms with Crippen LogP contribution in [0.4, 0.5) is 0 Å². The highest BCUT2D eigenvalue weighted by Crippen LogP contribution is 2.30. The van der Waals surface area contributed by atoms with Crippen LogP contribution in [0.15, 0.2) is 45.9 Å². The molecule has 2 aromatic rings. The number of nitrogens with zero attached hydrogens (tertiary/aromatic N) is 1. The fraction of sp³-hybridized carbons (Fsp3) is 0.333. The van der Waals surface area contributed by atoms with E-state index in [-0.39, 0.29) is 39.4 Å². The second-order valence-electron chi connectivity index (χ2n) is 5.76. The maximum atomic E-state index is 13.1. The highest BCUT2D eigenvalue weighted by Gasteiger charge is 2.39. The zero-order chi connectivity index (χ0) is 18.2. The molecule has 1 aliphatic rings. The second-order valence-corrected chi connectivity index (χ2v) is 10.7. The highest BCUT2D eigenvalue weighted by molar-refractivity contribution is 7.92. The lowest BCUT2D eigenvalue weighted by atomic mass is 10.2. The standard InChI is InChI=1S/C15H15Cl2NO5S2/c16-14-4-3-13(8-15(14)17)25(21,22)18(9-12-2-1-6-23-12)11-5-7-24(19,20)10-11/h1-4,6,8,11H,5,7,9-10H2/t11-/m1/s1. The fourth-order valence-corrected chi connectivity index (χ4v) is 6.58. The lowest BCUT2D eigenvalue weighted by molar-refractivity contribution is 0.307. The minimum Gasteiger partial charge on any atom is -0.468 e. The van der Waals surface area contributed by atoms with Crippen LogP contribution in [-0.2, 0) is 26.4 Å². The number of sulfonamides is 1. The minimum atomic E-state index is -3.98. The van der Waals surface area contributed by atoms with Gasteiger partial charge in [0.15, 0.2) is 9.84 Å². The van der Waals surface area contributed by atoms with Gasteiger partial charge in [0.05, 0.1) is 39.3 Å². The first kappa shape index (κ1) is 18.7. The summed E-state index contributed by atoms with van der Waals surface area (Å²) in [6, 6.07) is 6.63. The van der Waals surface area contributed by atoms with Crippen molar-refractivity contribution >= 4 is 43.1 Å². The normalized spacial score (nSPS) is 20.2. The molecular weight excluding hydrogens is 409 g/mol. The summed E-state index contributed by atoms with van der Waals surface area (Å²) in [6.07, 6.45) is 1.67. The van der Waals surface area contributed by atoms with Crippen molar-refractivity contribution in [2.75, 3.05) is 11.5 Å². The summed E-state index contributed by atoms with van der Waals surface area (Å²) in [5.74, 6) is 0.172. The Bertz CT molecular complexity index is 971. The van der Waals surface area contributed by atoms with Gasteiger partial charge in [-0.05, 0) is 36.8 Å². The largest absolute Gasteiger partial charge is 0.468 e. The molecule has 0 amide bonds. The van der Waals surface area contributed by atoms with Crippen LogP contribution < -0.4 is 0 Å². The van der Waals surface area contributed by atoms with Crippen LogP contribution >= 0.6 is 23.2 Å². The SMILES string of the molecule is O=S1(=O)CC[C@@H](N(Cc2ccco2)S(=O)(=O)c2ccc(Cl)c(Cl)c2)C1. The van der Waals surface area contributed by atoms with Gasteiger partial charge in [-0.25, -0.2) is 16.8 Å². The number of halogens is 2. The van der Waals surface area contributed by atoms with Crippen molar-refractivity contribution in [3.63, 3.8) is 0 Å². The summed E-state index contributed by atoms with van der Waals surface area (Å²) in [6.45, 7) is -0.0598. The number of hydrogen-bond donors (Lipinski definition) is 0. The zero-order valence-electron chi connectivity index (χ0n) is 12.9. The Labute approximate surface area is 156 Å². The molecular formula is C15H15Cl2NO5S2. The Morgan fingerprint density at radius 1 is 1.20 bits per heavy atom. The Hall–Kier alpha value is -1.06. The van der Waals surface area contributed by atoms with Crippen molar-refractivity contribution in [2.24, 2.45) is 0 Å². The van der Waals surface area contributed by atoms with E-state index < -0.39 is 25.9 Å². The van der Waals surface area contributed by atoms with E-state index in [1.807, 2.05) is 0 Å². The zero-order valence-corrected chi connectivity index (χ0v) is 16.1. The van der Waals surface area contributed by atoms with Gasteiger partial charge < -0.3 is 4.42 Å². The average Bonchev–Trinajstić information content (AvgIpc) is 3.16. The first-order valence-corrected chi connectivity index (χ1v) is 11.4. The Balaban J connectivity index is 2.01. The van der Waals surface area contributed by atoms with Crippen LogP contribution in [0, 0.1) is 0 Å². The second kappa shape index (κ2) is 6.92. The maximum Gasteiger partial charge on any atom is 0.243 e. The van der Waals surface area contributed by atoms with Gasteiger partial charge >= 0.3 is 0 Å². The summed E-state index contributed by atoms with van der Waals surface area (Å²) in [4.78, 5) is -0.0437. The topological polar surface area (TPSA) is 84.7 Å². The van der Waals surface area contributed by atoms with Crippen molar-refractivity contribution in [1.82, 2.24) is 4.31 Å². The monoisotopic (exact) mass is 423 g/mol. The molecule has 1 saturated heterocycles. The Morgan fingerprint density at radius 2 is 1.96 bits per heavy atom. The summed E-state index contributed by atoms with van der Waals surface area (Å²) >= 11 is 11.8. The molecule has 0 aliphatic carbocycles. The van der Waals surface area contributed by atoms with Gasteiger partial charge in [0.2, 0.25) is 10.0 Å². The highest BCUT2D eigenvalue weighted by atomic mass is 35.5. The lowest BCUT2D eigenvalue weighted by Gasteiger charge is -2.26.